The number of oxazole rings is 1. The molecule has 0 bridgehead atoms. The number of carboxylic acid groups (broad SMARTS) is 1. The Bertz CT molecular complexity index is 1310. The van der Waals surface area contributed by atoms with Crippen LogP contribution in [-0.4, -0.2) is 22.6 Å². The molecule has 0 unspecified atom stereocenters. The summed E-state index contributed by atoms with van der Waals surface area (Å²) in [5.41, 5.74) is 2.69. The lowest BCUT2D eigenvalue weighted by molar-refractivity contribution is -0.137. The summed E-state index contributed by atoms with van der Waals surface area (Å²) in [7, 11) is 0. The van der Waals surface area contributed by atoms with Gasteiger partial charge in [0.2, 0.25) is 5.89 Å². The average Bonchev–Trinajstić information content (AvgIpc) is 3.19. The van der Waals surface area contributed by atoms with Crippen LogP contribution in [0.2, 0.25) is 0 Å². The molecule has 8 heteroatoms. The lowest BCUT2D eigenvalue weighted by Crippen LogP contribution is -2.17. The van der Waals surface area contributed by atoms with Crippen LogP contribution in [0.3, 0.4) is 0 Å². The second-order valence-corrected chi connectivity index (χ2v) is 7.71. The lowest BCUT2D eigenvalue weighted by Gasteiger charge is -2.15. The number of hydrogen-bond acceptors (Lipinski definition) is 4. The van der Waals surface area contributed by atoms with Gasteiger partial charge in [0.05, 0.1) is 12.0 Å². The van der Waals surface area contributed by atoms with Crippen molar-refractivity contribution < 1.29 is 27.5 Å². The summed E-state index contributed by atoms with van der Waals surface area (Å²) in [5, 5.41) is 11.7. The molecule has 0 aliphatic heterocycles. The van der Waals surface area contributed by atoms with Crippen LogP contribution in [0.25, 0.3) is 33.7 Å². The molecule has 0 radical (unpaired) electrons. The Balaban J connectivity index is 1.66. The first-order valence-electron chi connectivity index (χ1n) is 10.3. The SMILES string of the molecule is Cc1ccccc1-c1ccc(-c2nc3cc(CNCCC(=O)O)ccc3o2)cc1C(F)(F)F. The summed E-state index contributed by atoms with van der Waals surface area (Å²) in [5.74, 6) is -0.784. The molecule has 0 aliphatic rings. The molecule has 33 heavy (non-hydrogen) atoms. The zero-order chi connectivity index (χ0) is 23.6. The third-order valence-corrected chi connectivity index (χ3v) is 5.30. The number of carbonyl (C=O) groups is 1. The van der Waals surface area contributed by atoms with Crippen LogP contribution in [-0.2, 0) is 17.5 Å². The van der Waals surface area contributed by atoms with Gasteiger partial charge in [0, 0.05) is 18.7 Å². The number of nitrogens with zero attached hydrogens (tertiary/aromatic N) is 1. The van der Waals surface area contributed by atoms with Crippen LogP contribution >= 0.6 is 0 Å². The number of rotatable bonds is 7. The highest BCUT2D eigenvalue weighted by Crippen LogP contribution is 2.40. The van der Waals surface area contributed by atoms with E-state index in [1.54, 1.807) is 55.5 Å². The van der Waals surface area contributed by atoms with Gasteiger partial charge in [-0.05, 0) is 53.4 Å². The fraction of sp³-hybridized carbons (Fsp3) is 0.200. The van der Waals surface area contributed by atoms with E-state index in [2.05, 4.69) is 10.3 Å². The Labute approximate surface area is 187 Å². The normalized spacial score (nSPS) is 11.8. The maximum atomic E-state index is 13.9. The van der Waals surface area contributed by atoms with Gasteiger partial charge in [0.25, 0.3) is 0 Å². The van der Waals surface area contributed by atoms with Gasteiger partial charge in [-0.2, -0.15) is 13.2 Å². The number of fused-ring (bicyclic) bond motifs is 1. The van der Waals surface area contributed by atoms with Gasteiger partial charge in [-0.3, -0.25) is 4.79 Å². The van der Waals surface area contributed by atoms with E-state index in [0.29, 0.717) is 29.8 Å². The molecule has 0 saturated carbocycles. The topological polar surface area (TPSA) is 75.4 Å². The van der Waals surface area contributed by atoms with Crippen molar-refractivity contribution in [1.29, 1.82) is 0 Å². The van der Waals surface area contributed by atoms with Crippen molar-refractivity contribution in [2.24, 2.45) is 0 Å². The van der Waals surface area contributed by atoms with E-state index in [9.17, 15) is 18.0 Å². The molecule has 3 aromatic carbocycles. The molecule has 4 rings (SSSR count). The average molecular weight is 454 g/mol. The van der Waals surface area contributed by atoms with Gasteiger partial charge in [-0.25, -0.2) is 4.98 Å². The molecular weight excluding hydrogens is 433 g/mol. The van der Waals surface area contributed by atoms with Crippen LogP contribution in [0.1, 0.15) is 23.1 Å². The van der Waals surface area contributed by atoms with E-state index in [1.165, 1.54) is 6.07 Å². The highest BCUT2D eigenvalue weighted by Gasteiger charge is 2.34. The highest BCUT2D eigenvalue weighted by molar-refractivity contribution is 5.79. The van der Waals surface area contributed by atoms with Crippen molar-refractivity contribution in [1.82, 2.24) is 10.3 Å². The number of nitrogens with one attached hydrogen (secondary N) is 1. The molecule has 1 aromatic heterocycles. The lowest BCUT2D eigenvalue weighted by atomic mass is 9.94. The fourth-order valence-electron chi connectivity index (χ4n) is 3.66. The van der Waals surface area contributed by atoms with Gasteiger partial charge in [0.1, 0.15) is 5.52 Å². The third-order valence-electron chi connectivity index (χ3n) is 5.30. The summed E-state index contributed by atoms with van der Waals surface area (Å²) >= 11 is 0. The van der Waals surface area contributed by atoms with Crippen LogP contribution in [0, 0.1) is 6.92 Å². The highest BCUT2D eigenvalue weighted by atomic mass is 19.4. The summed E-state index contributed by atoms with van der Waals surface area (Å²) in [6.07, 6.45) is -4.54. The second kappa shape index (κ2) is 9.07. The predicted molar refractivity (Wildman–Crippen MR) is 119 cm³/mol. The van der Waals surface area contributed by atoms with Crippen molar-refractivity contribution in [3.63, 3.8) is 0 Å². The van der Waals surface area contributed by atoms with E-state index in [-0.39, 0.29) is 23.4 Å². The van der Waals surface area contributed by atoms with E-state index in [1.807, 2.05) is 0 Å². The van der Waals surface area contributed by atoms with Crippen molar-refractivity contribution in [3.05, 3.63) is 77.4 Å². The van der Waals surface area contributed by atoms with Crippen LogP contribution in [0.5, 0.6) is 0 Å². The first kappa shape index (κ1) is 22.5. The molecule has 0 saturated heterocycles. The molecule has 4 aromatic rings. The summed E-state index contributed by atoms with van der Waals surface area (Å²) in [6, 6.07) is 16.3. The Hall–Kier alpha value is -3.65. The van der Waals surface area contributed by atoms with E-state index in [4.69, 9.17) is 9.52 Å². The van der Waals surface area contributed by atoms with Crippen LogP contribution in [0.4, 0.5) is 13.2 Å². The minimum absolute atomic E-state index is 0.0103. The van der Waals surface area contributed by atoms with Gasteiger partial charge in [-0.1, -0.05) is 36.4 Å². The third kappa shape index (κ3) is 5.06. The van der Waals surface area contributed by atoms with E-state index < -0.39 is 17.7 Å². The molecule has 0 atom stereocenters. The number of halogens is 3. The fourth-order valence-corrected chi connectivity index (χ4v) is 3.66. The van der Waals surface area contributed by atoms with Crippen molar-refractivity contribution >= 4 is 17.1 Å². The molecular formula is C25H21F3N2O3. The standard InChI is InChI=1S/C25H21F3N2O3/c1-15-4-2-3-5-18(15)19-8-7-17(13-20(19)25(26,27)28)24-30-21-12-16(6-9-22(21)33-24)14-29-11-10-23(31)32/h2-9,12-13,29H,10-11,14H2,1H3,(H,31,32). The predicted octanol–water partition coefficient (Wildman–Crippen LogP) is 6.05. The first-order valence-corrected chi connectivity index (χ1v) is 10.3. The molecule has 2 N–H and O–H groups in total. The number of aryl methyl sites for hydroxylation is 1. The molecule has 1 heterocycles. The molecule has 0 spiro atoms. The van der Waals surface area contributed by atoms with Crippen molar-refractivity contribution in [2.75, 3.05) is 6.54 Å². The van der Waals surface area contributed by atoms with E-state index >= 15 is 0 Å². The molecule has 0 amide bonds. The number of alkyl halides is 3. The monoisotopic (exact) mass is 454 g/mol. The second-order valence-electron chi connectivity index (χ2n) is 7.71. The van der Waals surface area contributed by atoms with Crippen LogP contribution in [0.15, 0.2) is 65.1 Å². The molecule has 5 nitrogen and oxygen atoms in total. The summed E-state index contributed by atoms with van der Waals surface area (Å²) in [6.45, 7) is 2.54. The molecule has 170 valence electrons. The number of hydrogen-bond donors (Lipinski definition) is 2. The zero-order valence-electron chi connectivity index (χ0n) is 17.7. The maximum Gasteiger partial charge on any atom is 0.417 e. The minimum Gasteiger partial charge on any atom is -0.481 e. The zero-order valence-corrected chi connectivity index (χ0v) is 17.7. The summed E-state index contributed by atoms with van der Waals surface area (Å²) < 4.78 is 47.5. The minimum atomic E-state index is -4.55. The Kier molecular flexibility index (Phi) is 6.20. The number of benzene rings is 3. The van der Waals surface area contributed by atoms with Gasteiger partial charge in [-0.15, -0.1) is 0 Å². The molecule has 0 aliphatic carbocycles. The van der Waals surface area contributed by atoms with Gasteiger partial charge < -0.3 is 14.8 Å². The largest absolute Gasteiger partial charge is 0.481 e. The number of aliphatic carboxylic acids is 1. The number of aromatic nitrogens is 1. The van der Waals surface area contributed by atoms with Crippen molar-refractivity contribution in [3.8, 4) is 22.6 Å². The van der Waals surface area contributed by atoms with Crippen LogP contribution < -0.4 is 5.32 Å². The van der Waals surface area contributed by atoms with E-state index in [0.717, 1.165) is 17.2 Å². The van der Waals surface area contributed by atoms with Crippen molar-refractivity contribution in [2.45, 2.75) is 26.1 Å². The Morgan fingerprint density at radius 2 is 1.85 bits per heavy atom. The summed E-state index contributed by atoms with van der Waals surface area (Å²) in [4.78, 5) is 15.0. The smallest absolute Gasteiger partial charge is 0.417 e. The molecule has 0 fully saturated rings. The van der Waals surface area contributed by atoms with Gasteiger partial charge >= 0.3 is 12.1 Å². The Morgan fingerprint density at radius 1 is 1.06 bits per heavy atom. The number of carboxylic acids is 1. The Morgan fingerprint density at radius 3 is 2.58 bits per heavy atom. The first-order chi connectivity index (χ1) is 15.7. The quantitative estimate of drug-likeness (QED) is 0.332. The van der Waals surface area contributed by atoms with Gasteiger partial charge in [0.15, 0.2) is 5.58 Å². The maximum absolute atomic E-state index is 13.9.